The van der Waals surface area contributed by atoms with Crippen molar-refractivity contribution in [3.05, 3.63) is 82.9 Å². The molecule has 0 aliphatic rings. The van der Waals surface area contributed by atoms with E-state index in [0.717, 1.165) is 11.1 Å². The molecule has 0 aromatic heterocycles. The first-order chi connectivity index (χ1) is 15.6. The van der Waals surface area contributed by atoms with Crippen LogP contribution in [0.4, 0.5) is 11.4 Å². The van der Waals surface area contributed by atoms with E-state index in [0.29, 0.717) is 34.3 Å². The lowest BCUT2D eigenvalue weighted by Gasteiger charge is -2.24. The van der Waals surface area contributed by atoms with Gasteiger partial charge in [-0.05, 0) is 67.8 Å². The lowest BCUT2D eigenvalue weighted by atomic mass is 10.1. The number of halogens is 1. The SMILES string of the molecule is Cc1ccc(C)c(N(CCCC(=O)Nc2cc(Cl)ccc2Oc2ccccc2)S(C)(=O)=O)c1. The third-order valence-electron chi connectivity index (χ3n) is 4.99. The van der Waals surface area contributed by atoms with Gasteiger partial charge < -0.3 is 10.1 Å². The number of para-hydroxylation sites is 1. The summed E-state index contributed by atoms with van der Waals surface area (Å²) >= 11 is 6.11. The molecule has 0 aliphatic heterocycles. The standard InChI is InChI=1S/C25H27ClN2O4S/c1-18-11-12-19(2)23(16-18)28(33(3,30)31)15-7-10-25(29)27-22-17-20(26)13-14-24(22)32-21-8-5-4-6-9-21/h4-6,8-9,11-14,16-17H,7,10,15H2,1-3H3,(H,27,29). The Bertz CT molecular complexity index is 1230. The summed E-state index contributed by atoms with van der Waals surface area (Å²) in [5.41, 5.74) is 2.91. The molecule has 3 aromatic rings. The molecule has 0 atom stereocenters. The Kier molecular flexibility index (Phi) is 8.00. The van der Waals surface area contributed by atoms with Crippen LogP contribution >= 0.6 is 11.6 Å². The van der Waals surface area contributed by atoms with Gasteiger partial charge in [0.05, 0.1) is 17.6 Å². The van der Waals surface area contributed by atoms with Gasteiger partial charge in [-0.15, -0.1) is 0 Å². The average Bonchev–Trinajstić information content (AvgIpc) is 2.75. The van der Waals surface area contributed by atoms with Crippen molar-refractivity contribution in [2.24, 2.45) is 0 Å². The molecule has 0 saturated heterocycles. The second-order valence-corrected chi connectivity index (χ2v) is 10.2. The molecule has 33 heavy (non-hydrogen) atoms. The van der Waals surface area contributed by atoms with E-state index in [4.69, 9.17) is 16.3 Å². The molecular formula is C25H27ClN2O4S. The Hall–Kier alpha value is -3.03. The van der Waals surface area contributed by atoms with Crippen LogP contribution in [0.3, 0.4) is 0 Å². The van der Waals surface area contributed by atoms with Crippen LogP contribution in [0.15, 0.2) is 66.7 Å². The fourth-order valence-electron chi connectivity index (χ4n) is 3.35. The van der Waals surface area contributed by atoms with Gasteiger partial charge in [-0.3, -0.25) is 9.10 Å². The van der Waals surface area contributed by atoms with Gasteiger partial charge >= 0.3 is 0 Å². The van der Waals surface area contributed by atoms with E-state index in [1.54, 1.807) is 18.2 Å². The largest absolute Gasteiger partial charge is 0.455 e. The summed E-state index contributed by atoms with van der Waals surface area (Å²) in [6, 6.07) is 19.9. The Labute approximate surface area is 200 Å². The maximum Gasteiger partial charge on any atom is 0.232 e. The summed E-state index contributed by atoms with van der Waals surface area (Å²) in [5.74, 6) is 0.837. The van der Waals surface area contributed by atoms with Crippen molar-refractivity contribution in [2.45, 2.75) is 26.7 Å². The van der Waals surface area contributed by atoms with Gasteiger partial charge in [-0.25, -0.2) is 8.42 Å². The lowest BCUT2D eigenvalue weighted by molar-refractivity contribution is -0.116. The highest BCUT2D eigenvalue weighted by molar-refractivity contribution is 7.92. The van der Waals surface area contributed by atoms with Crippen LogP contribution in [0.1, 0.15) is 24.0 Å². The number of ether oxygens (including phenoxy) is 1. The number of sulfonamides is 1. The molecule has 0 radical (unpaired) electrons. The van der Waals surface area contributed by atoms with Gasteiger partial charge in [0.25, 0.3) is 0 Å². The number of aryl methyl sites for hydroxylation is 2. The molecule has 3 rings (SSSR count). The molecular weight excluding hydrogens is 460 g/mol. The molecule has 174 valence electrons. The van der Waals surface area contributed by atoms with Crippen LogP contribution in [0, 0.1) is 13.8 Å². The molecule has 3 aromatic carbocycles. The molecule has 6 nitrogen and oxygen atoms in total. The minimum Gasteiger partial charge on any atom is -0.455 e. The average molecular weight is 487 g/mol. The molecule has 0 heterocycles. The number of amides is 1. The maximum absolute atomic E-state index is 12.6. The zero-order chi connectivity index (χ0) is 24.0. The van der Waals surface area contributed by atoms with Crippen LogP contribution in [-0.4, -0.2) is 27.1 Å². The molecule has 8 heteroatoms. The molecule has 1 N–H and O–H groups in total. The predicted octanol–water partition coefficient (Wildman–Crippen LogP) is 5.93. The summed E-state index contributed by atoms with van der Waals surface area (Å²) in [7, 11) is -3.50. The zero-order valence-electron chi connectivity index (χ0n) is 18.8. The first kappa shape index (κ1) is 24.6. The summed E-state index contributed by atoms with van der Waals surface area (Å²) in [6.45, 7) is 3.98. The predicted molar refractivity (Wildman–Crippen MR) is 134 cm³/mol. The van der Waals surface area contributed by atoms with Crippen molar-refractivity contribution >= 4 is 38.9 Å². The van der Waals surface area contributed by atoms with Crippen LogP contribution in [0.2, 0.25) is 5.02 Å². The molecule has 0 aliphatic carbocycles. The minimum atomic E-state index is -3.50. The van der Waals surface area contributed by atoms with Crippen LogP contribution in [0.5, 0.6) is 11.5 Å². The molecule has 0 spiro atoms. The number of hydrogen-bond donors (Lipinski definition) is 1. The van der Waals surface area contributed by atoms with Gasteiger partial charge in [0.15, 0.2) is 5.75 Å². The maximum atomic E-state index is 12.6. The van der Waals surface area contributed by atoms with Crippen molar-refractivity contribution in [3.63, 3.8) is 0 Å². The Morgan fingerprint density at radius 2 is 1.76 bits per heavy atom. The zero-order valence-corrected chi connectivity index (χ0v) is 20.4. The van der Waals surface area contributed by atoms with Crippen molar-refractivity contribution in [3.8, 4) is 11.5 Å². The van der Waals surface area contributed by atoms with Crippen LogP contribution in [0.25, 0.3) is 0 Å². The van der Waals surface area contributed by atoms with Gasteiger partial charge in [0.1, 0.15) is 5.75 Å². The quantitative estimate of drug-likeness (QED) is 0.406. The topological polar surface area (TPSA) is 75.7 Å². The third kappa shape index (κ3) is 6.97. The number of rotatable bonds is 9. The van der Waals surface area contributed by atoms with E-state index >= 15 is 0 Å². The lowest BCUT2D eigenvalue weighted by Crippen LogP contribution is -2.32. The van der Waals surface area contributed by atoms with E-state index in [2.05, 4.69) is 5.32 Å². The highest BCUT2D eigenvalue weighted by Crippen LogP contribution is 2.32. The van der Waals surface area contributed by atoms with E-state index in [1.165, 1.54) is 10.6 Å². The van der Waals surface area contributed by atoms with Gasteiger partial charge in [-0.2, -0.15) is 0 Å². The van der Waals surface area contributed by atoms with Crippen molar-refractivity contribution in [1.29, 1.82) is 0 Å². The van der Waals surface area contributed by atoms with E-state index in [-0.39, 0.29) is 18.9 Å². The number of anilines is 2. The third-order valence-corrected chi connectivity index (χ3v) is 6.40. The highest BCUT2D eigenvalue weighted by atomic mass is 35.5. The second kappa shape index (κ2) is 10.7. The number of nitrogens with one attached hydrogen (secondary N) is 1. The summed E-state index contributed by atoms with van der Waals surface area (Å²) < 4.78 is 32.1. The highest BCUT2D eigenvalue weighted by Gasteiger charge is 2.20. The molecule has 0 fully saturated rings. The Balaban J connectivity index is 1.67. The number of carbonyl (C=O) groups is 1. The van der Waals surface area contributed by atoms with E-state index in [1.807, 2.05) is 62.4 Å². The van der Waals surface area contributed by atoms with Crippen LogP contribution < -0.4 is 14.4 Å². The fraction of sp³-hybridized carbons (Fsp3) is 0.240. The number of hydrogen-bond acceptors (Lipinski definition) is 4. The first-order valence-corrected chi connectivity index (χ1v) is 12.7. The second-order valence-electron chi connectivity index (χ2n) is 7.83. The van der Waals surface area contributed by atoms with E-state index < -0.39 is 10.0 Å². The Morgan fingerprint density at radius 1 is 1.03 bits per heavy atom. The fourth-order valence-corrected chi connectivity index (χ4v) is 4.54. The van der Waals surface area contributed by atoms with Crippen molar-refractivity contribution < 1.29 is 17.9 Å². The summed E-state index contributed by atoms with van der Waals surface area (Å²) in [5, 5.41) is 3.29. The monoisotopic (exact) mass is 486 g/mol. The first-order valence-electron chi connectivity index (χ1n) is 10.5. The Morgan fingerprint density at radius 3 is 2.45 bits per heavy atom. The molecule has 0 unspecified atom stereocenters. The number of benzene rings is 3. The number of nitrogens with zero attached hydrogens (tertiary/aromatic N) is 1. The molecule has 0 bridgehead atoms. The summed E-state index contributed by atoms with van der Waals surface area (Å²) in [6.07, 6.45) is 1.66. The summed E-state index contributed by atoms with van der Waals surface area (Å²) in [4.78, 5) is 12.6. The number of carbonyl (C=O) groups excluding carboxylic acids is 1. The normalized spacial score (nSPS) is 11.2. The van der Waals surface area contributed by atoms with E-state index in [9.17, 15) is 13.2 Å². The minimum absolute atomic E-state index is 0.133. The van der Waals surface area contributed by atoms with Gasteiger partial charge in [-0.1, -0.05) is 41.9 Å². The van der Waals surface area contributed by atoms with Crippen LogP contribution in [-0.2, 0) is 14.8 Å². The van der Waals surface area contributed by atoms with Crippen molar-refractivity contribution in [1.82, 2.24) is 0 Å². The smallest absolute Gasteiger partial charge is 0.232 e. The van der Waals surface area contributed by atoms with Gasteiger partial charge in [0.2, 0.25) is 15.9 Å². The van der Waals surface area contributed by atoms with Gasteiger partial charge in [0, 0.05) is 18.0 Å². The molecule has 0 saturated carbocycles. The van der Waals surface area contributed by atoms with Crippen molar-refractivity contribution in [2.75, 3.05) is 22.4 Å². The molecule has 1 amide bonds.